The van der Waals surface area contributed by atoms with Gasteiger partial charge >= 0.3 is 0 Å². The number of aliphatic imine (C=N–C) groups is 1. The fraction of sp³-hybridized carbons (Fsp3) is 0.650. The van der Waals surface area contributed by atoms with E-state index in [2.05, 4.69) is 10.6 Å². The first-order valence-electron chi connectivity index (χ1n) is 10.1. The van der Waals surface area contributed by atoms with Crippen LogP contribution in [0.25, 0.3) is 0 Å². The van der Waals surface area contributed by atoms with Crippen LogP contribution in [0.4, 0.5) is 4.39 Å². The van der Waals surface area contributed by atoms with Gasteiger partial charge in [-0.05, 0) is 50.2 Å². The Balaban J connectivity index is 1.55. The van der Waals surface area contributed by atoms with E-state index >= 15 is 0 Å². The van der Waals surface area contributed by atoms with E-state index in [0.717, 1.165) is 50.3 Å². The van der Waals surface area contributed by atoms with E-state index in [-0.39, 0.29) is 11.2 Å². The second-order valence-electron chi connectivity index (χ2n) is 7.94. The Morgan fingerprint density at radius 2 is 1.93 bits per heavy atom. The fourth-order valence-electron chi connectivity index (χ4n) is 3.81. The number of guanidine groups is 1. The summed E-state index contributed by atoms with van der Waals surface area (Å²) in [7, 11) is -3.09. The molecule has 8 heteroatoms. The van der Waals surface area contributed by atoms with Crippen LogP contribution in [0.15, 0.2) is 29.3 Å². The van der Waals surface area contributed by atoms with E-state index in [1.165, 1.54) is 12.3 Å². The second-order valence-corrected chi connectivity index (χ2v) is 9.92. The molecule has 1 saturated carbocycles. The van der Waals surface area contributed by atoms with Gasteiger partial charge in [-0.3, -0.25) is 4.99 Å². The van der Waals surface area contributed by atoms with Crippen LogP contribution in [0, 0.1) is 11.7 Å². The molecule has 2 aliphatic rings. The normalized spacial score (nSPS) is 20.8. The average molecular weight is 411 g/mol. The van der Waals surface area contributed by atoms with Crippen molar-refractivity contribution < 1.29 is 12.8 Å². The zero-order valence-electron chi connectivity index (χ0n) is 16.7. The number of sulfonamides is 1. The van der Waals surface area contributed by atoms with Gasteiger partial charge in [-0.2, -0.15) is 0 Å². The lowest BCUT2D eigenvalue weighted by Gasteiger charge is -2.30. The summed E-state index contributed by atoms with van der Waals surface area (Å²) in [6, 6.07) is 6.99. The molecule has 2 fully saturated rings. The Labute approximate surface area is 167 Å². The molecule has 1 aromatic rings. The maximum atomic E-state index is 14.2. The topological polar surface area (TPSA) is 73.8 Å². The Kier molecular flexibility index (Phi) is 6.60. The van der Waals surface area contributed by atoms with Crippen molar-refractivity contribution >= 4 is 16.0 Å². The monoisotopic (exact) mass is 410 g/mol. The number of halogens is 1. The SMILES string of the molecule is CCNC(=NCC1(c2ccccc2F)CC1)NCC1CCN(S(C)(=O)=O)CC1. The third-order valence-corrected chi connectivity index (χ3v) is 7.09. The number of rotatable bonds is 7. The number of piperidine rings is 1. The van der Waals surface area contributed by atoms with Gasteiger partial charge in [0.15, 0.2) is 5.96 Å². The summed E-state index contributed by atoms with van der Waals surface area (Å²) in [4.78, 5) is 4.73. The highest BCUT2D eigenvalue weighted by molar-refractivity contribution is 7.88. The number of hydrogen-bond donors (Lipinski definition) is 2. The molecule has 28 heavy (non-hydrogen) atoms. The zero-order chi connectivity index (χ0) is 20.2. The van der Waals surface area contributed by atoms with Crippen LogP contribution >= 0.6 is 0 Å². The van der Waals surface area contributed by atoms with Crippen LogP contribution in [0.3, 0.4) is 0 Å². The maximum Gasteiger partial charge on any atom is 0.211 e. The van der Waals surface area contributed by atoms with Crippen molar-refractivity contribution in [2.45, 2.75) is 38.0 Å². The van der Waals surface area contributed by atoms with Crippen LogP contribution < -0.4 is 10.6 Å². The predicted molar refractivity (Wildman–Crippen MR) is 110 cm³/mol. The summed E-state index contributed by atoms with van der Waals surface area (Å²) in [5.74, 6) is 1.02. The molecule has 156 valence electrons. The Bertz CT molecular complexity index is 800. The van der Waals surface area contributed by atoms with E-state index < -0.39 is 10.0 Å². The lowest BCUT2D eigenvalue weighted by Crippen LogP contribution is -2.44. The van der Waals surface area contributed by atoms with Crippen LogP contribution in [0.2, 0.25) is 0 Å². The highest BCUT2D eigenvalue weighted by Crippen LogP contribution is 2.49. The molecule has 0 aromatic heterocycles. The molecule has 0 atom stereocenters. The van der Waals surface area contributed by atoms with Gasteiger partial charge in [0, 0.05) is 31.6 Å². The molecular weight excluding hydrogens is 379 g/mol. The van der Waals surface area contributed by atoms with Gasteiger partial charge in [-0.25, -0.2) is 17.1 Å². The molecule has 0 radical (unpaired) electrons. The molecule has 2 N–H and O–H groups in total. The van der Waals surface area contributed by atoms with E-state index in [4.69, 9.17) is 4.99 Å². The van der Waals surface area contributed by atoms with Gasteiger partial charge in [0.05, 0.1) is 12.8 Å². The quantitative estimate of drug-likeness (QED) is 0.533. The number of nitrogens with one attached hydrogen (secondary N) is 2. The number of nitrogens with zero attached hydrogens (tertiary/aromatic N) is 2. The molecule has 0 spiro atoms. The van der Waals surface area contributed by atoms with E-state index in [0.29, 0.717) is 25.6 Å². The maximum absolute atomic E-state index is 14.2. The molecule has 1 aliphatic heterocycles. The van der Waals surface area contributed by atoms with Gasteiger partial charge in [-0.15, -0.1) is 0 Å². The summed E-state index contributed by atoms with van der Waals surface area (Å²) in [5.41, 5.74) is 0.594. The summed E-state index contributed by atoms with van der Waals surface area (Å²) in [5, 5.41) is 6.65. The van der Waals surface area contributed by atoms with Crippen molar-refractivity contribution in [1.82, 2.24) is 14.9 Å². The minimum Gasteiger partial charge on any atom is -0.357 e. The lowest BCUT2D eigenvalue weighted by molar-refractivity contribution is 0.275. The molecule has 1 aromatic carbocycles. The van der Waals surface area contributed by atoms with Crippen LogP contribution in [0.5, 0.6) is 0 Å². The minimum absolute atomic E-state index is 0.147. The van der Waals surface area contributed by atoms with Crippen molar-refractivity contribution in [2.75, 3.05) is 39.0 Å². The van der Waals surface area contributed by atoms with Crippen LogP contribution in [0.1, 0.15) is 38.2 Å². The summed E-state index contributed by atoms with van der Waals surface area (Å²) < 4.78 is 39.0. The minimum atomic E-state index is -3.09. The van der Waals surface area contributed by atoms with Crippen LogP contribution in [-0.4, -0.2) is 57.7 Å². The first-order valence-corrected chi connectivity index (χ1v) is 11.9. The van der Waals surface area contributed by atoms with Crippen molar-refractivity contribution in [3.8, 4) is 0 Å². The molecular formula is C20H31FN4O2S. The van der Waals surface area contributed by atoms with E-state index in [1.807, 2.05) is 19.1 Å². The largest absolute Gasteiger partial charge is 0.357 e. The molecule has 0 unspecified atom stereocenters. The highest BCUT2D eigenvalue weighted by atomic mass is 32.2. The third-order valence-electron chi connectivity index (χ3n) is 5.78. The number of benzene rings is 1. The van der Waals surface area contributed by atoms with Crippen LogP contribution in [-0.2, 0) is 15.4 Å². The van der Waals surface area contributed by atoms with Gasteiger partial charge in [-0.1, -0.05) is 18.2 Å². The summed E-state index contributed by atoms with van der Waals surface area (Å²) >= 11 is 0. The first-order chi connectivity index (χ1) is 13.3. The molecule has 6 nitrogen and oxygen atoms in total. The molecule has 0 bridgehead atoms. The molecule has 0 amide bonds. The second kappa shape index (κ2) is 8.78. The number of hydrogen-bond acceptors (Lipinski definition) is 3. The smallest absolute Gasteiger partial charge is 0.211 e. The predicted octanol–water partition coefficient (Wildman–Crippen LogP) is 2.08. The van der Waals surface area contributed by atoms with Gasteiger partial charge in [0.25, 0.3) is 0 Å². The van der Waals surface area contributed by atoms with Gasteiger partial charge in [0.2, 0.25) is 10.0 Å². The van der Waals surface area contributed by atoms with Crippen molar-refractivity contribution in [3.63, 3.8) is 0 Å². The van der Waals surface area contributed by atoms with Crippen molar-refractivity contribution in [2.24, 2.45) is 10.9 Å². The third kappa shape index (κ3) is 5.23. The molecule has 3 rings (SSSR count). The molecule has 1 heterocycles. The summed E-state index contributed by atoms with van der Waals surface area (Å²) in [6.45, 7) is 5.26. The van der Waals surface area contributed by atoms with Crippen molar-refractivity contribution in [3.05, 3.63) is 35.6 Å². The molecule has 1 saturated heterocycles. The van der Waals surface area contributed by atoms with E-state index in [9.17, 15) is 12.8 Å². The standard InChI is InChI=1S/C20H31FN4O2S/c1-3-22-19(23-14-16-8-12-25(13-9-16)28(2,26)27)24-15-20(10-11-20)17-6-4-5-7-18(17)21/h4-7,16H,3,8-15H2,1-2H3,(H2,22,23,24). The highest BCUT2D eigenvalue weighted by Gasteiger charge is 2.45. The van der Waals surface area contributed by atoms with E-state index in [1.54, 1.807) is 10.4 Å². The fourth-order valence-corrected chi connectivity index (χ4v) is 4.69. The Hall–Kier alpha value is -1.67. The Morgan fingerprint density at radius 1 is 1.25 bits per heavy atom. The average Bonchev–Trinajstić information content (AvgIpc) is 3.45. The summed E-state index contributed by atoms with van der Waals surface area (Å²) in [6.07, 6.45) is 4.88. The lowest BCUT2D eigenvalue weighted by atomic mass is 9.95. The molecule has 1 aliphatic carbocycles. The first kappa shape index (κ1) is 21.0. The zero-order valence-corrected chi connectivity index (χ0v) is 17.6. The van der Waals surface area contributed by atoms with Crippen molar-refractivity contribution in [1.29, 1.82) is 0 Å². The van der Waals surface area contributed by atoms with Gasteiger partial charge < -0.3 is 10.6 Å². The van der Waals surface area contributed by atoms with Gasteiger partial charge in [0.1, 0.15) is 5.82 Å². The Morgan fingerprint density at radius 3 is 2.50 bits per heavy atom.